The van der Waals surface area contributed by atoms with Crippen molar-refractivity contribution >= 4 is 41.3 Å². The van der Waals surface area contributed by atoms with Gasteiger partial charge >= 0.3 is 5.97 Å². The summed E-state index contributed by atoms with van der Waals surface area (Å²) in [5.74, 6) is -2.13. The van der Waals surface area contributed by atoms with Gasteiger partial charge in [-0.15, -0.1) is 11.8 Å². The highest BCUT2D eigenvalue weighted by atomic mass is 32.2. The molecule has 3 N–H and O–H groups in total. The van der Waals surface area contributed by atoms with E-state index in [1.54, 1.807) is 0 Å². The molecule has 0 aromatic rings. The number of nitrogens with two attached hydrogens (primary N) is 1. The highest BCUT2D eigenvalue weighted by molar-refractivity contribution is 8.23. The van der Waals surface area contributed by atoms with Crippen LogP contribution in [-0.2, 0) is 19.1 Å². The Kier molecular flexibility index (Phi) is 3.55. The van der Waals surface area contributed by atoms with Gasteiger partial charge in [-0.2, -0.15) is 0 Å². The van der Waals surface area contributed by atoms with Crippen LogP contribution in [0, 0.1) is 0 Å². The van der Waals surface area contributed by atoms with Crippen LogP contribution in [0.2, 0.25) is 0 Å². The Morgan fingerprint density at radius 2 is 2.28 bits per heavy atom. The van der Waals surface area contributed by atoms with E-state index >= 15 is 0 Å². The predicted octanol–water partition coefficient (Wildman–Crippen LogP) is -0.611. The third-order valence-corrected chi connectivity index (χ3v) is 5.09. The van der Waals surface area contributed by atoms with Crippen molar-refractivity contribution in [1.82, 2.24) is 4.90 Å². The summed E-state index contributed by atoms with van der Waals surface area (Å²) in [6.07, 6.45) is -0.629. The first-order valence-corrected chi connectivity index (χ1v) is 6.75. The van der Waals surface area contributed by atoms with E-state index in [0.717, 1.165) is 11.8 Å². The molecule has 0 radical (unpaired) electrons. The maximum Gasteiger partial charge on any atom is 0.354 e. The number of amides is 2. The normalized spacial score (nSPS) is 26.1. The third-order valence-electron chi connectivity index (χ3n) is 2.46. The zero-order chi connectivity index (χ0) is 13.4. The predicted molar refractivity (Wildman–Crippen MR) is 65.3 cm³/mol. The maximum atomic E-state index is 11.7. The van der Waals surface area contributed by atoms with E-state index in [4.69, 9.17) is 15.6 Å². The molecule has 1 unspecified atom stereocenters. The summed E-state index contributed by atoms with van der Waals surface area (Å²) in [4.78, 5) is 34.7. The van der Waals surface area contributed by atoms with E-state index < -0.39 is 18.0 Å². The lowest BCUT2D eigenvalue weighted by atomic mass is 10.1. The minimum Gasteiger partial charge on any atom is -0.477 e. The van der Waals surface area contributed by atoms with E-state index in [0.29, 0.717) is 4.24 Å². The van der Waals surface area contributed by atoms with E-state index in [2.05, 4.69) is 0 Å². The number of carbonyl (C=O) groups is 3. The quantitative estimate of drug-likeness (QED) is 0.650. The number of thioether (sulfide) groups is 2. The van der Waals surface area contributed by atoms with E-state index in [1.165, 1.54) is 23.8 Å². The summed E-state index contributed by atoms with van der Waals surface area (Å²) in [6, 6.07) is 0. The van der Waals surface area contributed by atoms with Crippen molar-refractivity contribution in [2.75, 3.05) is 12.9 Å². The number of nitrogens with zero attached hydrogens (tertiary/aromatic N) is 1. The second kappa shape index (κ2) is 4.82. The summed E-state index contributed by atoms with van der Waals surface area (Å²) >= 11 is 2.24. The Hall–Kier alpha value is -1.19. The fraction of sp³-hybridized carbons (Fsp3) is 0.444. The lowest BCUT2D eigenvalue weighted by Gasteiger charge is -2.40. The van der Waals surface area contributed by atoms with Crippen LogP contribution in [0.25, 0.3) is 0 Å². The van der Waals surface area contributed by atoms with Gasteiger partial charge < -0.3 is 15.6 Å². The molecule has 0 bridgehead atoms. The summed E-state index contributed by atoms with van der Waals surface area (Å²) in [5.41, 5.74) is 4.93. The molecule has 2 amide bonds. The molecule has 18 heavy (non-hydrogen) atoms. The number of carboxylic acid groups (broad SMARTS) is 1. The number of carbonyl (C=O) groups excluding carboxylic acids is 2. The molecule has 0 aliphatic carbocycles. The van der Waals surface area contributed by atoms with Crippen LogP contribution in [0.1, 0.15) is 0 Å². The molecular weight excluding hydrogens is 280 g/mol. The second-order valence-electron chi connectivity index (χ2n) is 3.57. The number of β-lactam (4-membered cyclic amide) rings is 1. The number of rotatable bonds is 5. The second-order valence-corrected chi connectivity index (χ2v) is 5.94. The van der Waals surface area contributed by atoms with Crippen molar-refractivity contribution in [3.8, 4) is 0 Å². The molecule has 0 aromatic carbocycles. The lowest BCUT2D eigenvalue weighted by Crippen LogP contribution is -2.61. The molecular formula is C9H10N2O5S2. The average Bonchev–Trinajstić information content (AvgIpc) is 2.62. The SMILES string of the molecule is COC1C(=O)N2C(C(=O)O)=C(SCC(N)=O)S[C@H]12. The van der Waals surface area contributed by atoms with Gasteiger partial charge in [0.05, 0.1) is 9.99 Å². The number of hydrogen-bond donors (Lipinski definition) is 2. The fourth-order valence-electron chi connectivity index (χ4n) is 1.70. The zero-order valence-electron chi connectivity index (χ0n) is 9.28. The molecule has 0 aromatic heterocycles. The van der Waals surface area contributed by atoms with Gasteiger partial charge in [-0.3, -0.25) is 14.5 Å². The number of hydrogen-bond acceptors (Lipinski definition) is 6. The van der Waals surface area contributed by atoms with Crippen molar-refractivity contribution in [2.24, 2.45) is 5.73 Å². The summed E-state index contributed by atoms with van der Waals surface area (Å²) in [6.45, 7) is 0. The van der Waals surface area contributed by atoms with E-state index in [-0.39, 0.29) is 22.7 Å². The molecule has 2 heterocycles. The first-order chi connectivity index (χ1) is 8.47. The molecule has 1 saturated heterocycles. The van der Waals surface area contributed by atoms with Crippen molar-refractivity contribution in [3.05, 3.63) is 9.93 Å². The van der Waals surface area contributed by atoms with Gasteiger partial charge in [-0.25, -0.2) is 4.79 Å². The number of fused-ring (bicyclic) bond motifs is 1. The Labute approximate surface area is 111 Å². The van der Waals surface area contributed by atoms with Crippen molar-refractivity contribution < 1.29 is 24.2 Å². The first-order valence-electron chi connectivity index (χ1n) is 4.88. The van der Waals surface area contributed by atoms with Gasteiger partial charge in [0, 0.05) is 7.11 Å². The van der Waals surface area contributed by atoms with Crippen LogP contribution >= 0.6 is 23.5 Å². The van der Waals surface area contributed by atoms with Gasteiger partial charge in [0.2, 0.25) is 5.91 Å². The molecule has 1 fully saturated rings. The first kappa shape index (κ1) is 13.2. The largest absolute Gasteiger partial charge is 0.477 e. The van der Waals surface area contributed by atoms with E-state index in [9.17, 15) is 14.4 Å². The number of carboxylic acids is 1. The van der Waals surface area contributed by atoms with Gasteiger partial charge in [-0.1, -0.05) is 11.8 Å². The standard InChI is InChI=1S/C9H10N2O5S2/c1-16-5-6(13)11-4(8(14)15)9(18-7(5)11)17-2-3(10)12/h5,7H,2H2,1H3,(H2,10,12)(H,14,15)/t5?,7-/m1/s1. The van der Waals surface area contributed by atoms with Gasteiger partial charge in [-0.05, 0) is 0 Å². The topological polar surface area (TPSA) is 110 Å². The minimum absolute atomic E-state index is 0.0223. The molecule has 7 nitrogen and oxygen atoms in total. The van der Waals surface area contributed by atoms with Crippen LogP contribution in [0.15, 0.2) is 9.93 Å². The van der Waals surface area contributed by atoms with Crippen LogP contribution in [0.5, 0.6) is 0 Å². The minimum atomic E-state index is -1.19. The summed E-state index contributed by atoms with van der Waals surface area (Å²) in [7, 11) is 1.40. The Morgan fingerprint density at radius 1 is 1.61 bits per heavy atom. The molecule has 0 spiro atoms. The highest BCUT2D eigenvalue weighted by Gasteiger charge is 2.56. The summed E-state index contributed by atoms with van der Waals surface area (Å²) in [5, 5.41) is 8.75. The number of primary amides is 1. The number of aliphatic carboxylic acids is 1. The molecule has 2 rings (SSSR count). The smallest absolute Gasteiger partial charge is 0.354 e. The third kappa shape index (κ3) is 1.98. The Balaban J connectivity index is 2.20. The van der Waals surface area contributed by atoms with Crippen LogP contribution < -0.4 is 5.73 Å². The average molecular weight is 290 g/mol. The molecule has 9 heteroatoms. The Morgan fingerprint density at radius 3 is 2.78 bits per heavy atom. The number of methoxy groups -OCH3 is 1. The summed E-state index contributed by atoms with van der Waals surface area (Å²) < 4.78 is 5.40. The Bertz CT molecular complexity index is 464. The van der Waals surface area contributed by atoms with Crippen LogP contribution in [-0.4, -0.2) is 52.1 Å². The molecule has 0 saturated carbocycles. The fourth-order valence-corrected chi connectivity index (χ4v) is 4.22. The van der Waals surface area contributed by atoms with Crippen molar-refractivity contribution in [1.29, 1.82) is 0 Å². The highest BCUT2D eigenvalue weighted by Crippen LogP contribution is 2.51. The molecule has 98 valence electrons. The van der Waals surface area contributed by atoms with Gasteiger partial charge in [0.1, 0.15) is 5.37 Å². The molecule has 2 aliphatic rings. The molecule has 2 atom stereocenters. The van der Waals surface area contributed by atoms with Crippen molar-refractivity contribution in [3.63, 3.8) is 0 Å². The van der Waals surface area contributed by atoms with Crippen LogP contribution in [0.3, 0.4) is 0 Å². The lowest BCUT2D eigenvalue weighted by molar-refractivity contribution is -0.161. The number of ether oxygens (including phenoxy) is 1. The van der Waals surface area contributed by atoms with Crippen LogP contribution in [0.4, 0.5) is 0 Å². The zero-order valence-corrected chi connectivity index (χ0v) is 10.9. The van der Waals surface area contributed by atoms with E-state index in [1.807, 2.05) is 0 Å². The monoisotopic (exact) mass is 290 g/mol. The van der Waals surface area contributed by atoms with Gasteiger partial charge in [0.15, 0.2) is 11.8 Å². The van der Waals surface area contributed by atoms with Crippen molar-refractivity contribution in [2.45, 2.75) is 11.5 Å². The molecule has 2 aliphatic heterocycles. The van der Waals surface area contributed by atoms with Gasteiger partial charge in [0.25, 0.3) is 5.91 Å². The maximum absolute atomic E-state index is 11.7.